The van der Waals surface area contributed by atoms with Crippen molar-refractivity contribution in [2.24, 2.45) is 0 Å². The number of aliphatic hydroxyl groups is 1. The summed E-state index contributed by atoms with van der Waals surface area (Å²) in [4.78, 5) is 14.4. The van der Waals surface area contributed by atoms with Crippen LogP contribution in [0.5, 0.6) is 0 Å². The zero-order valence-electron chi connectivity index (χ0n) is 12.0. The van der Waals surface area contributed by atoms with Crippen molar-refractivity contribution in [2.75, 3.05) is 20.3 Å². The number of aliphatic hydroxyl groups excluding tert-OH is 1. The Morgan fingerprint density at radius 3 is 3.00 bits per heavy atom. The highest BCUT2D eigenvalue weighted by Gasteiger charge is 2.18. The number of amides is 1. The lowest BCUT2D eigenvalue weighted by Crippen LogP contribution is -2.38. The summed E-state index contributed by atoms with van der Waals surface area (Å²) in [6.07, 6.45) is 6.45. The third kappa shape index (κ3) is 4.04. The first-order valence-electron chi connectivity index (χ1n) is 7.27. The number of hydrogen-bond donors (Lipinski definition) is 2. The summed E-state index contributed by atoms with van der Waals surface area (Å²) in [5, 5.41) is 12.0. The van der Waals surface area contributed by atoms with Crippen molar-refractivity contribution in [3.63, 3.8) is 0 Å². The van der Waals surface area contributed by atoms with Crippen LogP contribution in [0.15, 0.2) is 6.07 Å². The van der Waals surface area contributed by atoms with Crippen molar-refractivity contribution in [3.05, 3.63) is 21.4 Å². The van der Waals surface area contributed by atoms with Crippen LogP contribution >= 0.6 is 11.3 Å². The molecule has 5 heteroatoms. The normalized spacial score (nSPS) is 16.3. The minimum atomic E-state index is -0.126. The van der Waals surface area contributed by atoms with Crippen LogP contribution in [-0.4, -0.2) is 37.4 Å². The van der Waals surface area contributed by atoms with Crippen molar-refractivity contribution >= 4 is 17.2 Å². The first-order valence-corrected chi connectivity index (χ1v) is 8.08. The Morgan fingerprint density at radius 2 is 2.25 bits per heavy atom. The fraction of sp³-hybridized carbons (Fsp3) is 0.667. The largest absolute Gasteiger partial charge is 0.396 e. The fourth-order valence-electron chi connectivity index (χ4n) is 2.59. The van der Waals surface area contributed by atoms with E-state index < -0.39 is 0 Å². The van der Waals surface area contributed by atoms with Gasteiger partial charge in [-0.25, -0.2) is 0 Å². The van der Waals surface area contributed by atoms with Crippen molar-refractivity contribution < 1.29 is 14.6 Å². The predicted molar refractivity (Wildman–Crippen MR) is 80.4 cm³/mol. The van der Waals surface area contributed by atoms with Gasteiger partial charge in [0.1, 0.15) is 0 Å². The van der Waals surface area contributed by atoms with Gasteiger partial charge in [0.2, 0.25) is 0 Å². The van der Waals surface area contributed by atoms with Gasteiger partial charge in [-0.1, -0.05) is 6.42 Å². The number of rotatable bonds is 6. The van der Waals surface area contributed by atoms with Crippen LogP contribution in [0.2, 0.25) is 0 Å². The SMILES string of the molecule is COCC(CCO)NC(=O)c1cc2c(s1)CCCCC2. The molecule has 0 saturated heterocycles. The Morgan fingerprint density at radius 1 is 1.45 bits per heavy atom. The lowest BCUT2D eigenvalue weighted by Gasteiger charge is -2.16. The molecular formula is C15H23NO3S. The molecule has 0 saturated carbocycles. The summed E-state index contributed by atoms with van der Waals surface area (Å²) in [7, 11) is 1.60. The second kappa shape index (κ2) is 7.76. The maximum Gasteiger partial charge on any atom is 0.261 e. The lowest BCUT2D eigenvalue weighted by atomic mass is 10.1. The van der Waals surface area contributed by atoms with E-state index in [1.54, 1.807) is 18.4 Å². The molecule has 0 radical (unpaired) electrons. The number of aryl methyl sites for hydroxylation is 2. The average molecular weight is 297 g/mol. The third-order valence-electron chi connectivity index (χ3n) is 3.65. The van der Waals surface area contributed by atoms with Gasteiger partial charge in [0.15, 0.2) is 0 Å². The molecule has 4 nitrogen and oxygen atoms in total. The molecule has 0 aromatic carbocycles. The van der Waals surface area contributed by atoms with Crippen LogP contribution < -0.4 is 5.32 Å². The summed E-state index contributed by atoms with van der Waals surface area (Å²) in [6.45, 7) is 0.479. The van der Waals surface area contributed by atoms with Crippen LogP contribution in [-0.2, 0) is 17.6 Å². The molecule has 112 valence electrons. The maximum absolute atomic E-state index is 12.3. The summed E-state index contributed by atoms with van der Waals surface area (Å²) in [5.74, 6) is -0.0430. The summed E-state index contributed by atoms with van der Waals surface area (Å²) < 4.78 is 5.07. The topological polar surface area (TPSA) is 58.6 Å². The first kappa shape index (κ1) is 15.5. The Kier molecular flexibility index (Phi) is 6.01. The number of carbonyl (C=O) groups is 1. The zero-order chi connectivity index (χ0) is 14.4. The number of fused-ring (bicyclic) bond motifs is 1. The molecule has 1 amide bonds. The van der Waals surface area contributed by atoms with Crippen molar-refractivity contribution in [2.45, 2.75) is 44.6 Å². The van der Waals surface area contributed by atoms with E-state index in [9.17, 15) is 4.79 Å². The second-order valence-electron chi connectivity index (χ2n) is 5.26. The summed E-state index contributed by atoms with van der Waals surface area (Å²) in [6, 6.07) is 1.92. The zero-order valence-corrected chi connectivity index (χ0v) is 12.8. The van der Waals surface area contributed by atoms with E-state index in [1.807, 2.05) is 6.07 Å². The van der Waals surface area contributed by atoms with Crippen molar-refractivity contribution in [3.8, 4) is 0 Å². The Balaban J connectivity index is 2.01. The van der Waals surface area contributed by atoms with Crippen LogP contribution in [0.1, 0.15) is 45.8 Å². The van der Waals surface area contributed by atoms with Crippen LogP contribution in [0, 0.1) is 0 Å². The van der Waals surface area contributed by atoms with Crippen molar-refractivity contribution in [1.82, 2.24) is 5.32 Å². The number of methoxy groups -OCH3 is 1. The standard InChI is InChI=1S/C15H23NO3S/c1-19-10-12(7-8-17)16-15(18)14-9-11-5-3-2-4-6-13(11)20-14/h9,12,17H,2-8,10H2,1H3,(H,16,18). The molecule has 0 aliphatic heterocycles. The molecule has 20 heavy (non-hydrogen) atoms. The van der Waals surface area contributed by atoms with E-state index in [4.69, 9.17) is 9.84 Å². The minimum absolute atomic E-state index is 0.0430. The molecule has 1 heterocycles. The molecule has 2 rings (SSSR count). The molecule has 1 atom stereocenters. The third-order valence-corrected chi connectivity index (χ3v) is 4.89. The second-order valence-corrected chi connectivity index (χ2v) is 6.39. The molecule has 1 aliphatic carbocycles. The van der Waals surface area contributed by atoms with Gasteiger partial charge in [0, 0.05) is 18.6 Å². The highest BCUT2D eigenvalue weighted by atomic mass is 32.1. The van der Waals surface area contributed by atoms with Gasteiger partial charge in [-0.15, -0.1) is 11.3 Å². The van der Waals surface area contributed by atoms with Gasteiger partial charge in [0.25, 0.3) is 5.91 Å². The van der Waals surface area contributed by atoms with Gasteiger partial charge >= 0.3 is 0 Å². The van der Waals surface area contributed by atoms with Gasteiger partial charge < -0.3 is 15.2 Å². The molecule has 1 aromatic rings. The van der Waals surface area contributed by atoms with Crippen LogP contribution in [0.3, 0.4) is 0 Å². The minimum Gasteiger partial charge on any atom is -0.396 e. The van der Waals surface area contributed by atoms with Crippen LogP contribution in [0.4, 0.5) is 0 Å². The fourth-order valence-corrected chi connectivity index (χ4v) is 3.75. The Hall–Kier alpha value is -0.910. The predicted octanol–water partition coefficient (Wildman–Crippen LogP) is 2.14. The molecule has 1 unspecified atom stereocenters. The summed E-state index contributed by atoms with van der Waals surface area (Å²) in [5.41, 5.74) is 1.35. The average Bonchev–Trinajstić information content (AvgIpc) is 2.71. The van der Waals surface area contributed by atoms with Gasteiger partial charge in [-0.3, -0.25) is 4.79 Å². The number of hydrogen-bond acceptors (Lipinski definition) is 4. The maximum atomic E-state index is 12.3. The highest BCUT2D eigenvalue weighted by Crippen LogP contribution is 2.28. The molecule has 0 fully saturated rings. The van der Waals surface area contributed by atoms with Gasteiger partial charge in [0.05, 0.1) is 17.5 Å². The van der Waals surface area contributed by atoms with E-state index in [0.29, 0.717) is 13.0 Å². The number of ether oxygens (including phenoxy) is 1. The van der Waals surface area contributed by atoms with Crippen molar-refractivity contribution in [1.29, 1.82) is 0 Å². The van der Waals surface area contributed by atoms with Gasteiger partial charge in [-0.05, 0) is 43.7 Å². The smallest absolute Gasteiger partial charge is 0.261 e. The molecule has 1 aromatic heterocycles. The Labute approximate surface area is 124 Å². The number of nitrogens with one attached hydrogen (secondary N) is 1. The quantitative estimate of drug-likeness (QED) is 0.791. The number of thiophene rings is 1. The highest BCUT2D eigenvalue weighted by molar-refractivity contribution is 7.14. The van der Waals surface area contributed by atoms with E-state index >= 15 is 0 Å². The Bertz CT molecular complexity index is 415. The monoisotopic (exact) mass is 297 g/mol. The van der Waals surface area contributed by atoms with Crippen LogP contribution in [0.25, 0.3) is 0 Å². The molecular weight excluding hydrogens is 274 g/mol. The molecule has 0 bridgehead atoms. The molecule has 0 spiro atoms. The molecule has 2 N–H and O–H groups in total. The molecule has 1 aliphatic rings. The number of carbonyl (C=O) groups excluding carboxylic acids is 1. The van der Waals surface area contributed by atoms with Gasteiger partial charge in [-0.2, -0.15) is 0 Å². The van der Waals surface area contributed by atoms with E-state index in [1.165, 1.54) is 29.7 Å². The summed E-state index contributed by atoms with van der Waals surface area (Å²) >= 11 is 1.62. The van der Waals surface area contributed by atoms with E-state index in [-0.39, 0.29) is 18.6 Å². The van der Waals surface area contributed by atoms with E-state index in [2.05, 4.69) is 5.32 Å². The lowest BCUT2D eigenvalue weighted by molar-refractivity contribution is 0.0882. The van der Waals surface area contributed by atoms with E-state index in [0.717, 1.165) is 17.7 Å². The first-order chi connectivity index (χ1) is 9.74.